The number of anilines is 2. The monoisotopic (exact) mass is 262 g/mol. The number of H-pyrrole nitrogens is 1. The van der Waals surface area contributed by atoms with E-state index in [9.17, 15) is 9.18 Å². The minimum absolute atomic E-state index is 0.0664. The number of rotatable bonds is 3. The van der Waals surface area contributed by atoms with E-state index in [1.54, 1.807) is 6.07 Å². The van der Waals surface area contributed by atoms with Crippen molar-refractivity contribution in [2.45, 2.75) is 19.8 Å². The standard InChI is InChI=1S/C13H15FN4O/c1-7(2)11-6-12(18-17-11)16-13(19)9-4-3-8(15)5-10(9)14/h3-7H,15H2,1-2H3,(H2,16,17,18,19). The van der Waals surface area contributed by atoms with Crippen LogP contribution in [0.4, 0.5) is 15.9 Å². The number of nitrogens with two attached hydrogens (primary N) is 1. The molecule has 1 aromatic heterocycles. The summed E-state index contributed by atoms with van der Waals surface area (Å²) in [6.45, 7) is 4.00. The van der Waals surface area contributed by atoms with Gasteiger partial charge in [0.2, 0.25) is 0 Å². The molecule has 0 spiro atoms. The lowest BCUT2D eigenvalue weighted by Gasteiger charge is -2.03. The number of nitrogens with zero attached hydrogens (tertiary/aromatic N) is 1. The third kappa shape index (κ3) is 2.90. The normalized spacial score (nSPS) is 10.7. The first kappa shape index (κ1) is 13.1. The molecule has 1 amide bonds. The van der Waals surface area contributed by atoms with E-state index in [-0.39, 0.29) is 17.2 Å². The lowest BCUT2D eigenvalue weighted by molar-refractivity contribution is 0.102. The molecule has 0 saturated carbocycles. The van der Waals surface area contributed by atoms with Gasteiger partial charge < -0.3 is 11.1 Å². The van der Waals surface area contributed by atoms with E-state index < -0.39 is 11.7 Å². The van der Waals surface area contributed by atoms with E-state index in [4.69, 9.17) is 5.73 Å². The summed E-state index contributed by atoms with van der Waals surface area (Å²) in [4.78, 5) is 11.9. The van der Waals surface area contributed by atoms with Gasteiger partial charge in [0.25, 0.3) is 5.91 Å². The van der Waals surface area contributed by atoms with Crippen molar-refractivity contribution in [1.29, 1.82) is 0 Å². The van der Waals surface area contributed by atoms with Crippen LogP contribution in [0.2, 0.25) is 0 Å². The highest BCUT2D eigenvalue weighted by molar-refractivity contribution is 6.04. The van der Waals surface area contributed by atoms with Gasteiger partial charge in [0.15, 0.2) is 5.82 Å². The van der Waals surface area contributed by atoms with Crippen LogP contribution in [0.5, 0.6) is 0 Å². The van der Waals surface area contributed by atoms with Crippen molar-refractivity contribution >= 4 is 17.4 Å². The molecule has 0 unspecified atom stereocenters. The molecular weight excluding hydrogens is 247 g/mol. The number of hydrogen-bond donors (Lipinski definition) is 3. The maximum atomic E-state index is 13.6. The average Bonchev–Trinajstić information content (AvgIpc) is 2.77. The second-order valence-corrected chi connectivity index (χ2v) is 4.56. The number of amides is 1. The highest BCUT2D eigenvalue weighted by atomic mass is 19.1. The summed E-state index contributed by atoms with van der Waals surface area (Å²) in [5.41, 5.74) is 6.53. The van der Waals surface area contributed by atoms with Crippen LogP contribution in [-0.4, -0.2) is 16.1 Å². The summed E-state index contributed by atoms with van der Waals surface area (Å²) in [6.07, 6.45) is 0. The lowest BCUT2D eigenvalue weighted by Crippen LogP contribution is -2.14. The van der Waals surface area contributed by atoms with E-state index in [0.717, 1.165) is 11.8 Å². The quantitative estimate of drug-likeness (QED) is 0.743. The van der Waals surface area contributed by atoms with Crippen LogP contribution in [0.3, 0.4) is 0 Å². The molecule has 5 nitrogen and oxygen atoms in total. The zero-order valence-electron chi connectivity index (χ0n) is 10.7. The van der Waals surface area contributed by atoms with Crippen molar-refractivity contribution in [3.63, 3.8) is 0 Å². The van der Waals surface area contributed by atoms with Gasteiger partial charge in [-0.05, 0) is 24.1 Å². The number of halogens is 1. The second kappa shape index (κ2) is 5.09. The van der Waals surface area contributed by atoms with Crippen molar-refractivity contribution in [2.24, 2.45) is 0 Å². The molecular formula is C13H15FN4O. The first-order chi connectivity index (χ1) is 8.97. The van der Waals surface area contributed by atoms with E-state index in [0.29, 0.717) is 5.82 Å². The molecule has 1 aromatic carbocycles. The fraction of sp³-hybridized carbons (Fsp3) is 0.231. The van der Waals surface area contributed by atoms with Gasteiger partial charge in [0.05, 0.1) is 5.56 Å². The molecule has 0 aliphatic heterocycles. The number of carbonyl (C=O) groups is 1. The summed E-state index contributed by atoms with van der Waals surface area (Å²) in [6, 6.07) is 5.65. The molecule has 0 fully saturated rings. The van der Waals surface area contributed by atoms with Gasteiger partial charge in [-0.2, -0.15) is 5.10 Å². The lowest BCUT2D eigenvalue weighted by atomic mass is 10.1. The number of carbonyl (C=O) groups excluding carboxylic acids is 1. The van der Waals surface area contributed by atoms with Crippen LogP contribution in [0, 0.1) is 5.82 Å². The number of nitrogen functional groups attached to an aromatic ring is 1. The van der Waals surface area contributed by atoms with Crippen LogP contribution in [0.1, 0.15) is 35.8 Å². The Balaban J connectivity index is 2.16. The molecule has 0 aliphatic rings. The molecule has 1 heterocycles. The molecule has 100 valence electrons. The smallest absolute Gasteiger partial charge is 0.259 e. The third-order valence-electron chi connectivity index (χ3n) is 2.70. The van der Waals surface area contributed by atoms with Crippen LogP contribution in [0.15, 0.2) is 24.3 Å². The van der Waals surface area contributed by atoms with Crippen molar-refractivity contribution in [3.8, 4) is 0 Å². The predicted octanol–water partition coefficient (Wildman–Crippen LogP) is 2.51. The van der Waals surface area contributed by atoms with E-state index in [1.165, 1.54) is 12.1 Å². The Morgan fingerprint density at radius 3 is 2.74 bits per heavy atom. The number of benzene rings is 1. The fourth-order valence-corrected chi connectivity index (χ4v) is 1.60. The Kier molecular flexibility index (Phi) is 3.50. The summed E-state index contributed by atoms with van der Waals surface area (Å²) in [5.74, 6) is -0.576. The van der Waals surface area contributed by atoms with Crippen LogP contribution >= 0.6 is 0 Å². The Labute approximate surface area is 110 Å². The number of aromatic nitrogens is 2. The van der Waals surface area contributed by atoms with E-state index in [1.807, 2.05) is 13.8 Å². The zero-order valence-corrected chi connectivity index (χ0v) is 10.7. The summed E-state index contributed by atoms with van der Waals surface area (Å²) < 4.78 is 13.6. The molecule has 4 N–H and O–H groups in total. The zero-order chi connectivity index (χ0) is 14.0. The Morgan fingerprint density at radius 2 is 2.16 bits per heavy atom. The number of aromatic amines is 1. The van der Waals surface area contributed by atoms with Gasteiger partial charge in [-0.25, -0.2) is 4.39 Å². The van der Waals surface area contributed by atoms with Crippen LogP contribution in [-0.2, 0) is 0 Å². The Bertz CT molecular complexity index is 606. The molecule has 6 heteroatoms. The minimum atomic E-state index is -0.655. The first-order valence-corrected chi connectivity index (χ1v) is 5.89. The van der Waals surface area contributed by atoms with Gasteiger partial charge >= 0.3 is 0 Å². The van der Waals surface area contributed by atoms with Gasteiger partial charge in [-0.15, -0.1) is 0 Å². The van der Waals surface area contributed by atoms with Crippen molar-refractivity contribution in [2.75, 3.05) is 11.1 Å². The van der Waals surface area contributed by atoms with Crippen LogP contribution < -0.4 is 11.1 Å². The maximum Gasteiger partial charge on any atom is 0.259 e. The van der Waals surface area contributed by atoms with Gasteiger partial charge in [0, 0.05) is 17.4 Å². The van der Waals surface area contributed by atoms with Crippen LogP contribution in [0.25, 0.3) is 0 Å². The first-order valence-electron chi connectivity index (χ1n) is 5.89. The summed E-state index contributed by atoms with van der Waals surface area (Å²) in [5, 5.41) is 9.28. The van der Waals surface area contributed by atoms with Crippen molar-refractivity contribution in [1.82, 2.24) is 10.2 Å². The minimum Gasteiger partial charge on any atom is -0.399 e. The molecule has 0 radical (unpaired) electrons. The molecule has 0 aliphatic carbocycles. The highest BCUT2D eigenvalue weighted by Crippen LogP contribution is 2.17. The van der Waals surface area contributed by atoms with E-state index >= 15 is 0 Å². The highest BCUT2D eigenvalue weighted by Gasteiger charge is 2.14. The topological polar surface area (TPSA) is 83.8 Å². The molecule has 0 atom stereocenters. The summed E-state index contributed by atoms with van der Waals surface area (Å²) >= 11 is 0. The predicted molar refractivity (Wildman–Crippen MR) is 71.4 cm³/mol. The summed E-state index contributed by atoms with van der Waals surface area (Å²) in [7, 11) is 0. The fourth-order valence-electron chi connectivity index (χ4n) is 1.60. The SMILES string of the molecule is CC(C)c1cc(NC(=O)c2ccc(N)cc2F)n[nH]1. The molecule has 2 rings (SSSR count). The number of hydrogen-bond acceptors (Lipinski definition) is 3. The average molecular weight is 262 g/mol. The van der Waals surface area contributed by atoms with Crippen molar-refractivity contribution < 1.29 is 9.18 Å². The Morgan fingerprint density at radius 1 is 1.42 bits per heavy atom. The van der Waals surface area contributed by atoms with Gasteiger partial charge in [-0.3, -0.25) is 9.89 Å². The van der Waals surface area contributed by atoms with Gasteiger partial charge in [-0.1, -0.05) is 13.8 Å². The van der Waals surface area contributed by atoms with Gasteiger partial charge in [0.1, 0.15) is 5.82 Å². The number of nitrogens with one attached hydrogen (secondary N) is 2. The largest absolute Gasteiger partial charge is 0.399 e. The molecule has 0 bridgehead atoms. The molecule has 0 saturated heterocycles. The molecule has 19 heavy (non-hydrogen) atoms. The molecule has 2 aromatic rings. The van der Waals surface area contributed by atoms with Crippen molar-refractivity contribution in [3.05, 3.63) is 41.3 Å². The maximum absolute atomic E-state index is 13.6. The third-order valence-corrected chi connectivity index (χ3v) is 2.70. The van der Waals surface area contributed by atoms with E-state index in [2.05, 4.69) is 15.5 Å². The Hall–Kier alpha value is -2.37. The second-order valence-electron chi connectivity index (χ2n) is 4.56.